The van der Waals surface area contributed by atoms with Gasteiger partial charge in [0.1, 0.15) is 0 Å². The van der Waals surface area contributed by atoms with E-state index in [1.54, 1.807) is 0 Å². The molecule has 0 spiro atoms. The smallest absolute Gasteiger partial charge is 0.0534 e. The third-order valence-corrected chi connectivity index (χ3v) is 5.25. The van der Waals surface area contributed by atoms with Gasteiger partial charge in [-0.2, -0.15) is 0 Å². The minimum Gasteiger partial charge on any atom is -0.316 e. The summed E-state index contributed by atoms with van der Waals surface area (Å²) < 4.78 is 2.28. The summed E-state index contributed by atoms with van der Waals surface area (Å²) in [4.78, 5) is 0. The standard InChI is InChI=1S/C28H21N/c1-4-10-22(11-5-1)24-16-18-27(19-17-24)29-21-26(23-12-6-2-7-13-23)20-28(29)25-14-8-3-9-15-25/h1-21H. The highest BCUT2D eigenvalue weighted by molar-refractivity contribution is 5.74. The molecule has 0 aliphatic heterocycles. The van der Waals surface area contributed by atoms with Crippen LogP contribution >= 0.6 is 0 Å². The van der Waals surface area contributed by atoms with Crippen LogP contribution in [0.3, 0.4) is 0 Å². The van der Waals surface area contributed by atoms with E-state index in [1.807, 2.05) is 0 Å². The van der Waals surface area contributed by atoms with Crippen molar-refractivity contribution in [2.24, 2.45) is 0 Å². The Kier molecular flexibility index (Phi) is 4.56. The first kappa shape index (κ1) is 17.3. The highest BCUT2D eigenvalue weighted by Crippen LogP contribution is 2.32. The molecule has 29 heavy (non-hydrogen) atoms. The van der Waals surface area contributed by atoms with Crippen LogP contribution < -0.4 is 0 Å². The van der Waals surface area contributed by atoms with Crippen molar-refractivity contribution in [2.75, 3.05) is 0 Å². The van der Waals surface area contributed by atoms with Gasteiger partial charge in [-0.25, -0.2) is 0 Å². The average Bonchev–Trinajstić information content (AvgIpc) is 3.27. The zero-order valence-electron chi connectivity index (χ0n) is 16.1. The van der Waals surface area contributed by atoms with Crippen LogP contribution in [0.2, 0.25) is 0 Å². The Morgan fingerprint density at radius 3 is 1.38 bits per heavy atom. The fourth-order valence-electron chi connectivity index (χ4n) is 3.74. The van der Waals surface area contributed by atoms with Crippen molar-refractivity contribution in [2.45, 2.75) is 0 Å². The molecule has 4 aromatic carbocycles. The molecule has 0 amide bonds. The van der Waals surface area contributed by atoms with E-state index in [-0.39, 0.29) is 0 Å². The molecule has 1 aromatic heterocycles. The minimum absolute atomic E-state index is 1.16. The third kappa shape index (κ3) is 3.51. The molecule has 0 atom stereocenters. The fourth-order valence-corrected chi connectivity index (χ4v) is 3.74. The van der Waals surface area contributed by atoms with Crippen LogP contribution in [-0.2, 0) is 0 Å². The molecule has 0 aliphatic rings. The van der Waals surface area contributed by atoms with Gasteiger partial charge in [0.15, 0.2) is 0 Å². The van der Waals surface area contributed by atoms with E-state index in [9.17, 15) is 0 Å². The van der Waals surface area contributed by atoms with Crippen molar-refractivity contribution in [3.8, 4) is 39.2 Å². The van der Waals surface area contributed by atoms with Crippen molar-refractivity contribution in [3.05, 3.63) is 128 Å². The number of rotatable bonds is 4. The molecular weight excluding hydrogens is 350 g/mol. The van der Waals surface area contributed by atoms with Crippen molar-refractivity contribution in [1.29, 1.82) is 0 Å². The van der Waals surface area contributed by atoms with E-state index in [0.29, 0.717) is 0 Å². The molecule has 0 radical (unpaired) electrons. The predicted molar refractivity (Wildman–Crippen MR) is 122 cm³/mol. The largest absolute Gasteiger partial charge is 0.316 e. The molecule has 0 bridgehead atoms. The lowest BCUT2D eigenvalue weighted by Gasteiger charge is -2.10. The maximum absolute atomic E-state index is 2.28. The van der Waals surface area contributed by atoms with Crippen LogP contribution in [0.4, 0.5) is 0 Å². The van der Waals surface area contributed by atoms with Crippen LogP contribution in [-0.4, -0.2) is 4.57 Å². The van der Waals surface area contributed by atoms with Gasteiger partial charge in [0.2, 0.25) is 0 Å². The second kappa shape index (κ2) is 7.65. The van der Waals surface area contributed by atoms with E-state index in [0.717, 1.165) is 5.69 Å². The molecular formula is C28H21N. The Morgan fingerprint density at radius 2 is 0.828 bits per heavy atom. The van der Waals surface area contributed by atoms with E-state index < -0.39 is 0 Å². The van der Waals surface area contributed by atoms with Crippen LogP contribution in [0.1, 0.15) is 0 Å². The van der Waals surface area contributed by atoms with Crippen LogP contribution in [0.25, 0.3) is 39.2 Å². The molecule has 0 N–H and O–H groups in total. The molecule has 1 heterocycles. The van der Waals surface area contributed by atoms with Crippen molar-refractivity contribution >= 4 is 0 Å². The number of benzene rings is 4. The molecule has 0 saturated carbocycles. The lowest BCUT2D eigenvalue weighted by Crippen LogP contribution is -1.95. The number of hydrogen-bond donors (Lipinski definition) is 0. The molecule has 1 nitrogen and oxygen atoms in total. The highest BCUT2D eigenvalue weighted by atomic mass is 15.0. The molecule has 0 aliphatic carbocycles. The molecule has 138 valence electrons. The summed E-state index contributed by atoms with van der Waals surface area (Å²) >= 11 is 0. The third-order valence-electron chi connectivity index (χ3n) is 5.25. The summed E-state index contributed by atoms with van der Waals surface area (Å²) in [7, 11) is 0. The molecule has 0 saturated heterocycles. The Labute approximate surface area is 171 Å². The number of aromatic nitrogens is 1. The zero-order chi connectivity index (χ0) is 19.5. The molecule has 5 rings (SSSR count). The monoisotopic (exact) mass is 371 g/mol. The normalized spacial score (nSPS) is 10.8. The summed E-state index contributed by atoms with van der Waals surface area (Å²) in [6, 6.07) is 42.7. The highest BCUT2D eigenvalue weighted by Gasteiger charge is 2.11. The summed E-state index contributed by atoms with van der Waals surface area (Å²) in [5, 5.41) is 0. The van der Waals surface area contributed by atoms with Gasteiger partial charge < -0.3 is 4.57 Å². The van der Waals surface area contributed by atoms with Crippen LogP contribution in [0.15, 0.2) is 128 Å². The Morgan fingerprint density at radius 1 is 0.379 bits per heavy atom. The summed E-state index contributed by atoms with van der Waals surface area (Å²) in [5.74, 6) is 0. The van der Waals surface area contributed by atoms with E-state index in [2.05, 4.69) is 132 Å². The van der Waals surface area contributed by atoms with Gasteiger partial charge in [-0.3, -0.25) is 0 Å². The summed E-state index contributed by atoms with van der Waals surface area (Å²) in [5.41, 5.74) is 8.47. The summed E-state index contributed by atoms with van der Waals surface area (Å²) in [6.45, 7) is 0. The first-order valence-corrected chi connectivity index (χ1v) is 9.87. The van der Waals surface area contributed by atoms with Gasteiger partial charge in [-0.1, -0.05) is 103 Å². The summed E-state index contributed by atoms with van der Waals surface area (Å²) in [6.07, 6.45) is 2.23. The lowest BCUT2D eigenvalue weighted by atomic mass is 10.1. The Balaban J connectivity index is 1.61. The number of hydrogen-bond acceptors (Lipinski definition) is 0. The van der Waals surface area contributed by atoms with Crippen LogP contribution in [0.5, 0.6) is 0 Å². The first-order valence-electron chi connectivity index (χ1n) is 9.87. The minimum atomic E-state index is 1.16. The molecule has 0 unspecified atom stereocenters. The molecule has 5 aromatic rings. The first-order chi connectivity index (χ1) is 14.4. The van der Waals surface area contributed by atoms with Gasteiger partial charge >= 0.3 is 0 Å². The van der Waals surface area contributed by atoms with Crippen molar-refractivity contribution < 1.29 is 0 Å². The van der Waals surface area contributed by atoms with Gasteiger partial charge in [-0.05, 0) is 40.5 Å². The zero-order valence-corrected chi connectivity index (χ0v) is 16.1. The molecule has 1 heteroatoms. The Hall–Kier alpha value is -3.84. The Bertz CT molecular complexity index is 1200. The second-order valence-electron chi connectivity index (χ2n) is 7.13. The maximum atomic E-state index is 2.28. The number of nitrogens with zero attached hydrogens (tertiary/aromatic N) is 1. The quantitative estimate of drug-likeness (QED) is 0.309. The van der Waals surface area contributed by atoms with E-state index >= 15 is 0 Å². The second-order valence-corrected chi connectivity index (χ2v) is 7.13. The average molecular weight is 371 g/mol. The lowest BCUT2D eigenvalue weighted by molar-refractivity contribution is 1.09. The van der Waals surface area contributed by atoms with Gasteiger partial charge in [0.05, 0.1) is 5.69 Å². The van der Waals surface area contributed by atoms with Crippen LogP contribution in [0, 0.1) is 0 Å². The van der Waals surface area contributed by atoms with Gasteiger partial charge in [0, 0.05) is 17.4 Å². The maximum Gasteiger partial charge on any atom is 0.0534 e. The van der Waals surface area contributed by atoms with Gasteiger partial charge in [0.25, 0.3) is 0 Å². The SMILES string of the molecule is c1ccc(-c2ccc(-n3cc(-c4ccccc4)cc3-c3ccccc3)cc2)cc1. The van der Waals surface area contributed by atoms with E-state index in [4.69, 9.17) is 0 Å². The van der Waals surface area contributed by atoms with Gasteiger partial charge in [-0.15, -0.1) is 0 Å². The predicted octanol–water partition coefficient (Wildman–Crippen LogP) is 7.48. The van der Waals surface area contributed by atoms with Crippen molar-refractivity contribution in [3.63, 3.8) is 0 Å². The topological polar surface area (TPSA) is 4.93 Å². The molecule has 0 fully saturated rings. The van der Waals surface area contributed by atoms with Crippen molar-refractivity contribution in [1.82, 2.24) is 4.57 Å². The fraction of sp³-hybridized carbons (Fsp3) is 0. The van der Waals surface area contributed by atoms with E-state index in [1.165, 1.54) is 33.5 Å².